The molecule has 0 bridgehead atoms. The number of rotatable bonds is 7. The Balaban J connectivity index is 1.35. The second kappa shape index (κ2) is 12.1. The van der Waals surface area contributed by atoms with Crippen molar-refractivity contribution in [1.82, 2.24) is 9.88 Å². The summed E-state index contributed by atoms with van der Waals surface area (Å²) in [6, 6.07) is 19.5. The van der Waals surface area contributed by atoms with Gasteiger partial charge in [-0.05, 0) is 66.8 Å². The van der Waals surface area contributed by atoms with E-state index in [4.69, 9.17) is 25.8 Å². The van der Waals surface area contributed by atoms with Gasteiger partial charge < -0.3 is 19.1 Å². The number of para-hydroxylation sites is 1. The number of anilines is 1. The van der Waals surface area contributed by atoms with Gasteiger partial charge in [-0.2, -0.15) is 0 Å². The third kappa shape index (κ3) is 6.02. The van der Waals surface area contributed by atoms with Crippen LogP contribution in [0.15, 0.2) is 85.6 Å². The molecular weight excluding hydrogens is 530 g/mol. The molecule has 2 heterocycles. The average molecular weight is 558 g/mol. The lowest BCUT2D eigenvalue weighted by Crippen LogP contribution is -2.36. The number of piperidine rings is 1. The number of fused-ring (bicyclic) bond motifs is 1. The van der Waals surface area contributed by atoms with Crippen molar-refractivity contribution in [3.05, 3.63) is 96.2 Å². The van der Waals surface area contributed by atoms with E-state index in [-0.39, 0.29) is 11.8 Å². The standard InChI is InChI=1S/C31H28ClN3O5/c1-3-30(36)35-15-12-20(13-16-35)23-18-24-27(19-29(23)38-2)33-14-11-28(24)39-22-9-10-26(25(32)17-22)34-31(37)40-21-7-5-4-6-8-21/h3-11,14,17-20H,1,12-13,15-16H2,2H3,(H,34,37). The van der Waals surface area contributed by atoms with Crippen LogP contribution in [0, 0.1) is 0 Å². The summed E-state index contributed by atoms with van der Waals surface area (Å²) >= 11 is 6.46. The number of likely N-dealkylation sites (tertiary alicyclic amines) is 1. The van der Waals surface area contributed by atoms with Gasteiger partial charge in [0.25, 0.3) is 0 Å². The summed E-state index contributed by atoms with van der Waals surface area (Å²) in [5.41, 5.74) is 2.17. The van der Waals surface area contributed by atoms with Crippen molar-refractivity contribution in [3.8, 4) is 23.0 Å². The fourth-order valence-corrected chi connectivity index (χ4v) is 5.03. The first-order chi connectivity index (χ1) is 19.4. The molecule has 0 unspecified atom stereocenters. The van der Waals surface area contributed by atoms with E-state index in [0.29, 0.717) is 41.0 Å². The molecule has 3 aromatic carbocycles. The van der Waals surface area contributed by atoms with Crippen LogP contribution in [0.1, 0.15) is 24.3 Å². The van der Waals surface area contributed by atoms with Gasteiger partial charge in [0.05, 0.1) is 23.3 Å². The number of halogens is 1. The van der Waals surface area contributed by atoms with Crippen molar-refractivity contribution in [2.45, 2.75) is 18.8 Å². The van der Waals surface area contributed by atoms with Gasteiger partial charge in [0.2, 0.25) is 5.91 Å². The van der Waals surface area contributed by atoms with Crippen LogP contribution >= 0.6 is 11.6 Å². The van der Waals surface area contributed by atoms with Crippen LogP contribution in [0.25, 0.3) is 10.9 Å². The molecule has 1 saturated heterocycles. The number of nitrogens with one attached hydrogen (secondary N) is 1. The van der Waals surface area contributed by atoms with Crippen LogP contribution in [0.4, 0.5) is 10.5 Å². The Kier molecular flexibility index (Phi) is 8.17. The summed E-state index contributed by atoms with van der Waals surface area (Å²) in [7, 11) is 1.65. The molecule has 0 spiro atoms. The van der Waals surface area contributed by atoms with E-state index in [1.54, 1.807) is 61.8 Å². The number of amides is 2. The lowest BCUT2D eigenvalue weighted by atomic mass is 9.87. The Morgan fingerprint density at radius 2 is 1.80 bits per heavy atom. The normalized spacial score (nSPS) is 13.5. The summed E-state index contributed by atoms with van der Waals surface area (Å²) in [6.07, 6.45) is 4.01. The fraction of sp³-hybridized carbons (Fsp3) is 0.194. The number of ether oxygens (including phenoxy) is 3. The first kappa shape index (κ1) is 27.0. The van der Waals surface area contributed by atoms with Crippen molar-refractivity contribution in [2.24, 2.45) is 0 Å². The molecule has 0 saturated carbocycles. The van der Waals surface area contributed by atoms with Crippen molar-refractivity contribution < 1.29 is 23.8 Å². The molecule has 1 aromatic heterocycles. The molecule has 8 nitrogen and oxygen atoms in total. The van der Waals surface area contributed by atoms with E-state index in [2.05, 4.69) is 22.9 Å². The molecule has 0 aliphatic carbocycles. The summed E-state index contributed by atoms with van der Waals surface area (Å²) < 4.78 is 17.2. The molecule has 1 N–H and O–H groups in total. The molecule has 1 aliphatic rings. The van der Waals surface area contributed by atoms with Crippen LogP contribution in [0.2, 0.25) is 5.02 Å². The third-order valence-electron chi connectivity index (χ3n) is 6.83. The first-order valence-corrected chi connectivity index (χ1v) is 13.2. The van der Waals surface area contributed by atoms with Gasteiger partial charge in [0.1, 0.15) is 23.0 Å². The number of methoxy groups -OCH3 is 1. The summed E-state index contributed by atoms with van der Waals surface area (Å²) in [6.45, 7) is 4.91. The van der Waals surface area contributed by atoms with Gasteiger partial charge in [0.15, 0.2) is 0 Å². The Labute approximate surface area is 237 Å². The van der Waals surface area contributed by atoms with Crippen molar-refractivity contribution in [2.75, 3.05) is 25.5 Å². The molecule has 40 heavy (non-hydrogen) atoms. The van der Waals surface area contributed by atoms with Gasteiger partial charge in [-0.1, -0.05) is 36.4 Å². The van der Waals surface area contributed by atoms with Gasteiger partial charge in [-0.3, -0.25) is 15.1 Å². The lowest BCUT2D eigenvalue weighted by molar-refractivity contribution is -0.127. The van der Waals surface area contributed by atoms with E-state index in [0.717, 1.165) is 35.1 Å². The molecule has 204 valence electrons. The van der Waals surface area contributed by atoms with Crippen LogP contribution in [-0.4, -0.2) is 42.1 Å². The van der Waals surface area contributed by atoms with Crippen LogP contribution < -0.4 is 19.5 Å². The quantitative estimate of drug-likeness (QED) is 0.242. The molecular formula is C31H28ClN3O5. The van der Waals surface area contributed by atoms with Gasteiger partial charge >= 0.3 is 6.09 Å². The zero-order valence-electron chi connectivity index (χ0n) is 21.9. The van der Waals surface area contributed by atoms with Gasteiger partial charge in [-0.15, -0.1) is 0 Å². The second-order valence-corrected chi connectivity index (χ2v) is 9.70. The molecule has 2 amide bonds. The van der Waals surface area contributed by atoms with E-state index < -0.39 is 6.09 Å². The number of pyridine rings is 1. The number of carbonyl (C=O) groups is 2. The molecule has 1 fully saturated rings. The van der Waals surface area contributed by atoms with Crippen molar-refractivity contribution in [3.63, 3.8) is 0 Å². The lowest BCUT2D eigenvalue weighted by Gasteiger charge is -2.32. The highest BCUT2D eigenvalue weighted by atomic mass is 35.5. The van der Waals surface area contributed by atoms with Crippen molar-refractivity contribution >= 4 is 40.2 Å². The monoisotopic (exact) mass is 557 g/mol. The molecule has 1 aliphatic heterocycles. The SMILES string of the molecule is C=CC(=O)N1CCC(c2cc3c(Oc4ccc(NC(=O)Oc5ccccc5)c(Cl)c4)ccnc3cc2OC)CC1. The smallest absolute Gasteiger partial charge is 0.417 e. The average Bonchev–Trinajstić information content (AvgIpc) is 2.98. The third-order valence-corrected chi connectivity index (χ3v) is 7.15. The number of hydrogen-bond acceptors (Lipinski definition) is 6. The number of aromatic nitrogens is 1. The van der Waals surface area contributed by atoms with E-state index in [1.165, 1.54) is 6.08 Å². The van der Waals surface area contributed by atoms with Crippen molar-refractivity contribution in [1.29, 1.82) is 0 Å². The molecule has 5 rings (SSSR count). The minimum atomic E-state index is -0.650. The molecule has 0 atom stereocenters. The first-order valence-electron chi connectivity index (χ1n) is 12.8. The Morgan fingerprint density at radius 1 is 1.02 bits per heavy atom. The number of benzene rings is 3. The topological polar surface area (TPSA) is 90.0 Å². The predicted molar refractivity (Wildman–Crippen MR) is 155 cm³/mol. The highest BCUT2D eigenvalue weighted by molar-refractivity contribution is 6.33. The van der Waals surface area contributed by atoms with Gasteiger partial charge in [0, 0.05) is 36.8 Å². The zero-order valence-corrected chi connectivity index (χ0v) is 22.7. The molecule has 4 aromatic rings. The van der Waals surface area contributed by atoms with Crippen LogP contribution in [0.3, 0.4) is 0 Å². The van der Waals surface area contributed by atoms with E-state index >= 15 is 0 Å². The fourth-order valence-electron chi connectivity index (χ4n) is 4.81. The highest BCUT2D eigenvalue weighted by Gasteiger charge is 2.26. The second-order valence-electron chi connectivity index (χ2n) is 9.30. The van der Waals surface area contributed by atoms with E-state index in [1.807, 2.05) is 17.0 Å². The minimum absolute atomic E-state index is 0.0446. The Hall–Kier alpha value is -4.56. The highest BCUT2D eigenvalue weighted by Crippen LogP contribution is 2.40. The Bertz CT molecular complexity index is 1550. The predicted octanol–water partition coefficient (Wildman–Crippen LogP) is 7.19. The summed E-state index contributed by atoms with van der Waals surface area (Å²) in [4.78, 5) is 30.6. The molecule has 0 radical (unpaired) electrons. The number of hydrogen-bond donors (Lipinski definition) is 1. The minimum Gasteiger partial charge on any atom is -0.496 e. The number of nitrogens with zero attached hydrogens (tertiary/aromatic N) is 2. The van der Waals surface area contributed by atoms with E-state index in [9.17, 15) is 9.59 Å². The van der Waals surface area contributed by atoms with Crippen LogP contribution in [-0.2, 0) is 4.79 Å². The number of carbonyl (C=O) groups excluding carboxylic acids is 2. The maximum Gasteiger partial charge on any atom is 0.417 e. The van der Waals surface area contributed by atoms with Crippen LogP contribution in [0.5, 0.6) is 23.0 Å². The maximum absolute atomic E-state index is 12.3. The van der Waals surface area contributed by atoms with Gasteiger partial charge in [-0.25, -0.2) is 4.79 Å². The summed E-state index contributed by atoms with van der Waals surface area (Å²) in [5, 5.41) is 3.77. The maximum atomic E-state index is 12.3. The Morgan fingerprint density at radius 3 is 2.50 bits per heavy atom. The zero-order chi connectivity index (χ0) is 28.1. The molecule has 9 heteroatoms. The summed E-state index contributed by atoms with van der Waals surface area (Å²) in [5.74, 6) is 2.45. The largest absolute Gasteiger partial charge is 0.496 e.